The third-order valence-electron chi connectivity index (χ3n) is 9.29. The molecule has 216 valence electrons. The van der Waals surface area contributed by atoms with Gasteiger partial charge in [0.2, 0.25) is 0 Å². The van der Waals surface area contributed by atoms with Gasteiger partial charge in [-0.3, -0.25) is 9.68 Å². The molecule has 0 spiro atoms. The standard InChI is InChI=1S/C35H54N2O2/c1-11-23-39-36-32(3,4)22-21-30(24-33(36,5)6)28-15-13-26(14-16-28)27-17-19-29(20-18-27)31-25-34(7,8)37(38-12-2)35(31,9)10/h13-20,30-31H,11-12,21-25H2,1-10H3. The number of hydroxylamine groups is 4. The highest BCUT2D eigenvalue weighted by Gasteiger charge is 2.53. The first-order valence-corrected chi connectivity index (χ1v) is 15.3. The van der Waals surface area contributed by atoms with Crippen LogP contribution < -0.4 is 0 Å². The first kappa shape index (κ1) is 30.2. The summed E-state index contributed by atoms with van der Waals surface area (Å²) in [6.45, 7) is 24.3. The first-order chi connectivity index (χ1) is 18.2. The molecule has 39 heavy (non-hydrogen) atoms. The van der Waals surface area contributed by atoms with Crippen molar-refractivity contribution in [1.82, 2.24) is 10.1 Å². The van der Waals surface area contributed by atoms with E-state index in [4.69, 9.17) is 9.68 Å². The predicted octanol–water partition coefficient (Wildman–Crippen LogP) is 9.12. The van der Waals surface area contributed by atoms with Crippen LogP contribution in [0.2, 0.25) is 0 Å². The largest absolute Gasteiger partial charge is 0.298 e. The topological polar surface area (TPSA) is 24.9 Å². The molecule has 0 aliphatic carbocycles. The second-order valence-corrected chi connectivity index (χ2v) is 14.4. The molecule has 0 N–H and O–H groups in total. The maximum Gasteiger partial charge on any atom is 0.0683 e. The Morgan fingerprint density at radius 3 is 1.74 bits per heavy atom. The van der Waals surface area contributed by atoms with Crippen molar-refractivity contribution >= 4 is 0 Å². The van der Waals surface area contributed by atoms with E-state index in [1.807, 2.05) is 0 Å². The third kappa shape index (κ3) is 6.15. The van der Waals surface area contributed by atoms with Gasteiger partial charge in [-0.25, -0.2) is 0 Å². The lowest BCUT2D eigenvalue weighted by molar-refractivity contribution is -0.264. The quantitative estimate of drug-likeness (QED) is 0.337. The van der Waals surface area contributed by atoms with Crippen molar-refractivity contribution in [2.75, 3.05) is 13.2 Å². The molecule has 0 amide bonds. The number of hydrogen-bond acceptors (Lipinski definition) is 4. The Hall–Kier alpha value is -1.72. The SMILES string of the molecule is CCCON1C(C)(C)CCC(c2ccc(-c3ccc(C4CC(C)(C)N(OCC)C4(C)C)cc3)cc2)CC1(C)C. The van der Waals surface area contributed by atoms with Crippen LogP contribution in [0.4, 0.5) is 0 Å². The van der Waals surface area contributed by atoms with Crippen LogP contribution in [0.1, 0.15) is 124 Å². The maximum absolute atomic E-state index is 6.32. The monoisotopic (exact) mass is 534 g/mol. The van der Waals surface area contributed by atoms with Crippen LogP contribution in [-0.2, 0) is 9.68 Å². The average molecular weight is 535 g/mol. The Kier molecular flexibility index (Phi) is 8.74. The Morgan fingerprint density at radius 1 is 0.667 bits per heavy atom. The Bertz CT molecular complexity index is 1080. The molecular weight excluding hydrogens is 480 g/mol. The van der Waals surface area contributed by atoms with E-state index in [1.54, 1.807) is 0 Å². The molecule has 0 aromatic heterocycles. The highest BCUT2D eigenvalue weighted by Crippen LogP contribution is 2.50. The zero-order valence-corrected chi connectivity index (χ0v) is 26.4. The molecule has 2 heterocycles. The van der Waals surface area contributed by atoms with E-state index in [-0.39, 0.29) is 22.2 Å². The van der Waals surface area contributed by atoms with Gasteiger partial charge in [0.05, 0.1) is 13.2 Å². The van der Waals surface area contributed by atoms with Gasteiger partial charge in [0.25, 0.3) is 0 Å². The summed E-state index contributed by atoms with van der Waals surface area (Å²) in [5.74, 6) is 0.964. The van der Waals surface area contributed by atoms with Crippen molar-refractivity contribution in [3.05, 3.63) is 59.7 Å². The van der Waals surface area contributed by atoms with E-state index in [2.05, 4.69) is 128 Å². The normalized spacial score (nSPS) is 26.4. The van der Waals surface area contributed by atoms with Gasteiger partial charge < -0.3 is 0 Å². The van der Waals surface area contributed by atoms with Gasteiger partial charge in [-0.1, -0.05) is 55.5 Å². The van der Waals surface area contributed by atoms with Crippen LogP contribution in [-0.4, -0.2) is 45.5 Å². The summed E-state index contributed by atoms with van der Waals surface area (Å²) in [6.07, 6.45) is 5.53. The van der Waals surface area contributed by atoms with Gasteiger partial charge in [0.1, 0.15) is 0 Å². The molecule has 2 fully saturated rings. The Labute approximate surface area is 239 Å². The van der Waals surface area contributed by atoms with Crippen molar-refractivity contribution in [2.45, 2.75) is 135 Å². The highest BCUT2D eigenvalue weighted by molar-refractivity contribution is 5.64. The first-order valence-electron chi connectivity index (χ1n) is 15.3. The van der Waals surface area contributed by atoms with E-state index in [1.165, 1.54) is 28.7 Å². The molecule has 0 bridgehead atoms. The second-order valence-electron chi connectivity index (χ2n) is 14.4. The smallest absolute Gasteiger partial charge is 0.0683 e. The predicted molar refractivity (Wildman–Crippen MR) is 164 cm³/mol. The minimum absolute atomic E-state index is 0.0135. The molecule has 4 nitrogen and oxygen atoms in total. The van der Waals surface area contributed by atoms with Gasteiger partial charge >= 0.3 is 0 Å². The van der Waals surface area contributed by atoms with Gasteiger partial charge in [-0.15, -0.1) is 0 Å². The molecule has 4 rings (SSSR count). The maximum atomic E-state index is 6.32. The van der Waals surface area contributed by atoms with E-state index >= 15 is 0 Å². The zero-order valence-electron chi connectivity index (χ0n) is 26.4. The molecule has 0 saturated carbocycles. The van der Waals surface area contributed by atoms with Crippen molar-refractivity contribution in [3.8, 4) is 11.1 Å². The molecule has 2 aliphatic heterocycles. The average Bonchev–Trinajstić information content (AvgIpc) is 2.99. The van der Waals surface area contributed by atoms with E-state index in [9.17, 15) is 0 Å². The Balaban J connectivity index is 1.50. The van der Waals surface area contributed by atoms with Crippen LogP contribution in [0.15, 0.2) is 48.5 Å². The molecule has 2 aliphatic rings. The van der Waals surface area contributed by atoms with Crippen molar-refractivity contribution in [3.63, 3.8) is 0 Å². The fourth-order valence-electron chi connectivity index (χ4n) is 7.66. The lowest BCUT2D eigenvalue weighted by Gasteiger charge is -2.46. The third-order valence-corrected chi connectivity index (χ3v) is 9.29. The summed E-state index contributed by atoms with van der Waals surface area (Å²) >= 11 is 0. The molecule has 2 aromatic carbocycles. The molecule has 2 unspecified atom stereocenters. The Morgan fingerprint density at radius 2 is 1.21 bits per heavy atom. The summed E-state index contributed by atoms with van der Waals surface area (Å²) in [5, 5.41) is 4.54. The fraction of sp³-hybridized carbons (Fsp3) is 0.657. The van der Waals surface area contributed by atoms with Crippen LogP contribution >= 0.6 is 0 Å². The number of benzene rings is 2. The summed E-state index contributed by atoms with van der Waals surface area (Å²) in [7, 11) is 0. The molecule has 2 atom stereocenters. The number of rotatable bonds is 8. The lowest BCUT2D eigenvalue weighted by Crippen LogP contribution is -2.54. The van der Waals surface area contributed by atoms with E-state index < -0.39 is 0 Å². The zero-order chi connectivity index (χ0) is 28.6. The van der Waals surface area contributed by atoms with Gasteiger partial charge in [0.15, 0.2) is 0 Å². The fourth-order valence-corrected chi connectivity index (χ4v) is 7.66. The summed E-state index contributed by atoms with van der Waals surface area (Å²) in [5.41, 5.74) is 5.38. The lowest BCUT2D eigenvalue weighted by atomic mass is 9.81. The van der Waals surface area contributed by atoms with E-state index in [0.717, 1.165) is 32.3 Å². The van der Waals surface area contributed by atoms with Crippen LogP contribution in [0.5, 0.6) is 0 Å². The van der Waals surface area contributed by atoms with Crippen molar-refractivity contribution in [2.24, 2.45) is 0 Å². The molecule has 0 radical (unpaired) electrons. The molecule has 2 aromatic rings. The molecule has 4 heteroatoms. The number of nitrogens with zero attached hydrogens (tertiary/aromatic N) is 2. The molecular formula is C35H54N2O2. The van der Waals surface area contributed by atoms with Crippen LogP contribution in [0.3, 0.4) is 0 Å². The van der Waals surface area contributed by atoms with Gasteiger partial charge in [0, 0.05) is 28.1 Å². The van der Waals surface area contributed by atoms with Crippen LogP contribution in [0.25, 0.3) is 11.1 Å². The number of hydrogen-bond donors (Lipinski definition) is 0. The van der Waals surface area contributed by atoms with Gasteiger partial charge in [-0.05, 0) is 123 Å². The van der Waals surface area contributed by atoms with Gasteiger partial charge in [-0.2, -0.15) is 10.1 Å². The minimum atomic E-state index is -0.0547. The van der Waals surface area contributed by atoms with Crippen LogP contribution in [0, 0.1) is 0 Å². The van der Waals surface area contributed by atoms with E-state index in [0.29, 0.717) is 18.4 Å². The van der Waals surface area contributed by atoms with Crippen molar-refractivity contribution in [1.29, 1.82) is 0 Å². The summed E-state index contributed by atoms with van der Waals surface area (Å²) in [6, 6.07) is 18.6. The molecule has 2 saturated heterocycles. The summed E-state index contributed by atoms with van der Waals surface area (Å²) in [4.78, 5) is 12.4. The van der Waals surface area contributed by atoms with Crippen molar-refractivity contribution < 1.29 is 9.68 Å². The minimum Gasteiger partial charge on any atom is -0.298 e. The second kappa shape index (κ2) is 11.3. The summed E-state index contributed by atoms with van der Waals surface area (Å²) < 4.78 is 0. The highest BCUT2D eigenvalue weighted by atomic mass is 16.7.